The number of aromatic nitrogens is 2. The molecule has 0 atom stereocenters. The van der Waals surface area contributed by atoms with E-state index in [1.54, 1.807) is 13.8 Å². The van der Waals surface area contributed by atoms with E-state index in [-0.39, 0.29) is 12.6 Å². The summed E-state index contributed by atoms with van der Waals surface area (Å²) in [7, 11) is 0. The summed E-state index contributed by atoms with van der Waals surface area (Å²) in [5, 5.41) is 23.4. The Labute approximate surface area is 104 Å². The van der Waals surface area contributed by atoms with Crippen molar-refractivity contribution in [3.05, 3.63) is 5.01 Å². The van der Waals surface area contributed by atoms with Crippen LogP contribution in [0.4, 0.5) is 9.93 Å². The number of hydrogen-bond acceptors (Lipinski definition) is 5. The monoisotopic (exact) mass is 258 g/mol. The molecule has 1 aromatic rings. The van der Waals surface area contributed by atoms with Gasteiger partial charge in [0.1, 0.15) is 5.01 Å². The number of anilines is 1. The molecular weight excluding hydrogens is 240 g/mol. The predicted octanol–water partition coefficient (Wildman–Crippen LogP) is 1.38. The third kappa shape index (κ3) is 4.66. The molecule has 1 aromatic heterocycles. The average molecular weight is 258 g/mol. The van der Waals surface area contributed by atoms with E-state index in [9.17, 15) is 4.79 Å². The Bertz CT molecular complexity index is 378. The highest BCUT2D eigenvalue weighted by Gasteiger charge is 2.19. The maximum Gasteiger partial charge on any atom is 0.321 e. The first-order valence-electron chi connectivity index (χ1n) is 5.49. The second-order valence-electron chi connectivity index (χ2n) is 4.37. The van der Waals surface area contributed by atoms with Crippen LogP contribution in [0.1, 0.15) is 32.2 Å². The maximum absolute atomic E-state index is 11.6. The highest BCUT2D eigenvalue weighted by Crippen LogP contribution is 2.16. The highest BCUT2D eigenvalue weighted by molar-refractivity contribution is 7.15. The SMILES string of the molecule is CCCc1nnc(NC(=O)NC(C)(C)CO)s1. The summed E-state index contributed by atoms with van der Waals surface area (Å²) in [5.74, 6) is 0. The largest absolute Gasteiger partial charge is 0.394 e. The molecule has 0 aromatic carbocycles. The van der Waals surface area contributed by atoms with Crippen molar-refractivity contribution >= 4 is 22.5 Å². The molecule has 17 heavy (non-hydrogen) atoms. The third-order valence-corrected chi connectivity index (χ3v) is 2.90. The number of nitrogens with one attached hydrogen (secondary N) is 2. The lowest BCUT2D eigenvalue weighted by Crippen LogP contribution is -2.48. The van der Waals surface area contributed by atoms with Gasteiger partial charge < -0.3 is 10.4 Å². The van der Waals surface area contributed by atoms with E-state index in [1.165, 1.54) is 11.3 Å². The van der Waals surface area contributed by atoms with Gasteiger partial charge >= 0.3 is 6.03 Å². The molecule has 0 fully saturated rings. The van der Waals surface area contributed by atoms with Gasteiger partial charge in [0, 0.05) is 6.42 Å². The van der Waals surface area contributed by atoms with E-state index in [4.69, 9.17) is 5.11 Å². The molecule has 6 nitrogen and oxygen atoms in total. The predicted molar refractivity (Wildman–Crippen MR) is 67.2 cm³/mol. The van der Waals surface area contributed by atoms with Crippen LogP contribution in [0, 0.1) is 0 Å². The van der Waals surface area contributed by atoms with Gasteiger partial charge in [0.25, 0.3) is 0 Å². The molecule has 0 bridgehead atoms. The Kier molecular flexibility index (Phi) is 4.83. The van der Waals surface area contributed by atoms with Gasteiger partial charge in [-0.05, 0) is 20.3 Å². The summed E-state index contributed by atoms with van der Waals surface area (Å²) in [6.45, 7) is 5.40. The molecule has 0 saturated heterocycles. The van der Waals surface area contributed by atoms with Gasteiger partial charge in [0.05, 0.1) is 12.1 Å². The third-order valence-electron chi connectivity index (χ3n) is 2.00. The summed E-state index contributed by atoms with van der Waals surface area (Å²) in [5.41, 5.74) is -0.652. The molecule has 1 rings (SSSR count). The number of carbonyl (C=O) groups is 1. The summed E-state index contributed by atoms with van der Waals surface area (Å²) in [6, 6.07) is -0.386. The van der Waals surface area contributed by atoms with E-state index < -0.39 is 5.54 Å². The van der Waals surface area contributed by atoms with Gasteiger partial charge in [-0.3, -0.25) is 5.32 Å². The Morgan fingerprint density at radius 3 is 2.76 bits per heavy atom. The molecule has 1 heterocycles. The van der Waals surface area contributed by atoms with Crippen LogP contribution in [-0.2, 0) is 6.42 Å². The minimum Gasteiger partial charge on any atom is -0.394 e. The first kappa shape index (κ1) is 13.9. The summed E-state index contributed by atoms with van der Waals surface area (Å²) < 4.78 is 0. The van der Waals surface area contributed by atoms with Crippen LogP contribution in [0.2, 0.25) is 0 Å². The maximum atomic E-state index is 11.6. The molecule has 0 aliphatic heterocycles. The molecule has 3 N–H and O–H groups in total. The fourth-order valence-corrected chi connectivity index (χ4v) is 1.93. The number of hydrogen-bond donors (Lipinski definition) is 3. The zero-order valence-corrected chi connectivity index (χ0v) is 11.1. The summed E-state index contributed by atoms with van der Waals surface area (Å²) in [6.07, 6.45) is 1.86. The number of amides is 2. The zero-order valence-electron chi connectivity index (χ0n) is 10.3. The molecule has 0 radical (unpaired) electrons. The van der Waals surface area contributed by atoms with Gasteiger partial charge in [0.2, 0.25) is 5.13 Å². The van der Waals surface area contributed by atoms with E-state index in [0.29, 0.717) is 5.13 Å². The normalized spacial score (nSPS) is 11.3. The van der Waals surface area contributed by atoms with Crippen LogP contribution in [0.25, 0.3) is 0 Å². The second-order valence-corrected chi connectivity index (χ2v) is 5.43. The van der Waals surface area contributed by atoms with Crippen LogP contribution in [0.3, 0.4) is 0 Å². The molecule has 0 saturated carbocycles. The quantitative estimate of drug-likeness (QED) is 0.744. The first-order valence-corrected chi connectivity index (χ1v) is 6.31. The molecule has 0 unspecified atom stereocenters. The molecule has 7 heteroatoms. The summed E-state index contributed by atoms with van der Waals surface area (Å²) in [4.78, 5) is 11.6. The van der Waals surface area contributed by atoms with Crippen LogP contribution < -0.4 is 10.6 Å². The standard InChI is InChI=1S/C10H18N4O2S/c1-4-5-7-13-14-9(17-7)11-8(16)12-10(2,3)6-15/h15H,4-6H2,1-3H3,(H2,11,12,14,16). The lowest BCUT2D eigenvalue weighted by Gasteiger charge is -2.22. The Balaban J connectivity index is 2.50. The van der Waals surface area contributed by atoms with Crippen LogP contribution in [-0.4, -0.2) is 33.5 Å². The van der Waals surface area contributed by atoms with Crippen molar-refractivity contribution in [2.24, 2.45) is 0 Å². The van der Waals surface area contributed by atoms with Crippen LogP contribution in [0.5, 0.6) is 0 Å². The first-order chi connectivity index (χ1) is 7.96. The number of nitrogens with zero attached hydrogens (tertiary/aromatic N) is 2. The molecule has 2 amide bonds. The van der Waals surface area contributed by atoms with Crippen molar-refractivity contribution in [2.45, 2.75) is 39.2 Å². The van der Waals surface area contributed by atoms with Crippen molar-refractivity contribution in [1.29, 1.82) is 0 Å². The van der Waals surface area contributed by atoms with E-state index in [2.05, 4.69) is 27.8 Å². The highest BCUT2D eigenvalue weighted by atomic mass is 32.1. The minimum atomic E-state index is -0.652. The van der Waals surface area contributed by atoms with E-state index >= 15 is 0 Å². The van der Waals surface area contributed by atoms with Gasteiger partial charge in [-0.15, -0.1) is 10.2 Å². The van der Waals surface area contributed by atoms with Crippen molar-refractivity contribution in [2.75, 3.05) is 11.9 Å². The van der Waals surface area contributed by atoms with Crippen molar-refractivity contribution in [1.82, 2.24) is 15.5 Å². The Morgan fingerprint density at radius 1 is 1.47 bits per heavy atom. The van der Waals surface area contributed by atoms with E-state index in [1.807, 2.05) is 0 Å². The zero-order chi connectivity index (χ0) is 12.9. The number of urea groups is 1. The second kappa shape index (κ2) is 5.92. The van der Waals surface area contributed by atoms with Gasteiger partial charge in [-0.1, -0.05) is 18.3 Å². The van der Waals surface area contributed by atoms with Crippen molar-refractivity contribution < 1.29 is 9.90 Å². The van der Waals surface area contributed by atoms with E-state index in [0.717, 1.165) is 17.8 Å². The lowest BCUT2D eigenvalue weighted by molar-refractivity contribution is 0.187. The Morgan fingerprint density at radius 2 is 2.18 bits per heavy atom. The minimum absolute atomic E-state index is 0.127. The summed E-state index contributed by atoms with van der Waals surface area (Å²) >= 11 is 1.36. The van der Waals surface area contributed by atoms with Crippen LogP contribution >= 0.6 is 11.3 Å². The Hall–Kier alpha value is -1.21. The fourth-order valence-electron chi connectivity index (χ4n) is 1.09. The molecule has 0 aliphatic carbocycles. The average Bonchev–Trinajstić information content (AvgIpc) is 2.65. The van der Waals surface area contributed by atoms with Gasteiger partial charge in [0.15, 0.2) is 0 Å². The van der Waals surface area contributed by atoms with Crippen molar-refractivity contribution in [3.8, 4) is 0 Å². The smallest absolute Gasteiger partial charge is 0.321 e. The van der Waals surface area contributed by atoms with Crippen molar-refractivity contribution in [3.63, 3.8) is 0 Å². The fraction of sp³-hybridized carbons (Fsp3) is 0.700. The van der Waals surface area contributed by atoms with Crippen LogP contribution in [0.15, 0.2) is 0 Å². The lowest BCUT2D eigenvalue weighted by atomic mass is 10.1. The topological polar surface area (TPSA) is 87.1 Å². The van der Waals surface area contributed by atoms with Gasteiger partial charge in [-0.2, -0.15) is 0 Å². The number of aliphatic hydroxyl groups is 1. The molecule has 0 spiro atoms. The number of rotatable bonds is 5. The van der Waals surface area contributed by atoms with Gasteiger partial charge in [-0.25, -0.2) is 4.79 Å². The number of carbonyl (C=O) groups excluding carboxylic acids is 1. The number of aliphatic hydroxyl groups excluding tert-OH is 1. The number of aryl methyl sites for hydroxylation is 1. The molecule has 96 valence electrons. The molecular formula is C10H18N4O2S. The molecule has 0 aliphatic rings.